The van der Waals surface area contributed by atoms with Gasteiger partial charge in [-0.3, -0.25) is 0 Å². The normalized spacial score (nSPS) is 14.7. The van der Waals surface area contributed by atoms with E-state index in [4.69, 9.17) is 27.9 Å². The van der Waals surface area contributed by atoms with E-state index in [1.54, 1.807) is 23.4 Å². The number of carbonyl (C=O) groups excluding carboxylic acids is 1. The standard InChI is InChI=1S/C17H24ClN7O2.C12H16ClN7.2ClH/c1-5-25-21-14(20-22-25)12-10-13(18)15(19-11-12)23-6-8-24(9-7-23)16(26)27-17(2,3)4;1-2-20-17-11(16-18-20)9-7-10(13)12(15-8-9)19-5-3-14-4-6-19;;/h10-11H,5-9H2,1-4H3;7-8,14H,2-6H2,1H3;2*1H. The molecule has 0 bridgehead atoms. The number of pyridine rings is 2. The number of anilines is 2. The van der Waals surface area contributed by atoms with Crippen LogP contribution in [0.25, 0.3) is 22.8 Å². The quantitative estimate of drug-likeness (QED) is 0.299. The molecule has 2 fully saturated rings. The summed E-state index contributed by atoms with van der Waals surface area (Å²) in [4.78, 5) is 30.1. The lowest BCUT2D eigenvalue weighted by Crippen LogP contribution is -2.50. The minimum absolute atomic E-state index is 0. The number of nitrogens with zero attached hydrogens (tertiary/aromatic N) is 13. The van der Waals surface area contributed by atoms with Crippen LogP contribution in [-0.4, -0.2) is 119 Å². The van der Waals surface area contributed by atoms with Gasteiger partial charge in [0.2, 0.25) is 11.6 Å². The summed E-state index contributed by atoms with van der Waals surface area (Å²) in [6.45, 7) is 16.9. The zero-order valence-corrected chi connectivity index (χ0v) is 31.2. The summed E-state index contributed by atoms with van der Waals surface area (Å²) in [5.74, 6) is 2.55. The summed E-state index contributed by atoms with van der Waals surface area (Å²) in [6, 6.07) is 3.64. The first-order chi connectivity index (χ1) is 22.5. The minimum Gasteiger partial charge on any atom is -0.444 e. The average molecular weight is 761 g/mol. The van der Waals surface area contributed by atoms with Crippen LogP contribution in [0.3, 0.4) is 0 Å². The lowest BCUT2D eigenvalue weighted by Gasteiger charge is -2.36. The Bertz CT molecular complexity index is 1650. The Labute approximate surface area is 307 Å². The molecule has 0 unspecified atom stereocenters. The van der Waals surface area contributed by atoms with E-state index in [1.165, 1.54) is 9.59 Å². The first-order valence-corrected chi connectivity index (χ1v) is 16.4. The van der Waals surface area contributed by atoms with Gasteiger partial charge in [0.15, 0.2) is 0 Å². The molecule has 0 atom stereocenters. The predicted octanol–water partition coefficient (Wildman–Crippen LogP) is 4.13. The number of nitrogens with one attached hydrogen (secondary N) is 1. The van der Waals surface area contributed by atoms with Crippen LogP contribution in [0.5, 0.6) is 0 Å². The van der Waals surface area contributed by atoms with Gasteiger partial charge in [-0.15, -0.1) is 45.2 Å². The van der Waals surface area contributed by atoms with E-state index in [0.29, 0.717) is 66.8 Å². The summed E-state index contributed by atoms with van der Waals surface area (Å²) >= 11 is 12.8. The molecule has 268 valence electrons. The van der Waals surface area contributed by atoms with Crippen molar-refractivity contribution in [2.45, 2.75) is 53.3 Å². The van der Waals surface area contributed by atoms with Gasteiger partial charge in [-0.1, -0.05) is 23.2 Å². The van der Waals surface area contributed by atoms with E-state index in [0.717, 1.165) is 43.1 Å². The Morgan fingerprint density at radius 3 is 1.61 bits per heavy atom. The predicted molar refractivity (Wildman–Crippen MR) is 193 cm³/mol. The number of piperazine rings is 2. The van der Waals surface area contributed by atoms with Crippen molar-refractivity contribution >= 4 is 65.7 Å². The molecule has 49 heavy (non-hydrogen) atoms. The number of aryl methyl sites for hydroxylation is 2. The van der Waals surface area contributed by atoms with Crippen molar-refractivity contribution in [1.29, 1.82) is 0 Å². The molecule has 0 radical (unpaired) electrons. The first-order valence-electron chi connectivity index (χ1n) is 15.6. The van der Waals surface area contributed by atoms with E-state index in [1.807, 2.05) is 40.7 Å². The number of aromatic nitrogens is 10. The lowest BCUT2D eigenvalue weighted by molar-refractivity contribution is 0.0240. The molecule has 0 aromatic carbocycles. The maximum atomic E-state index is 12.2. The van der Waals surface area contributed by atoms with Crippen LogP contribution in [0.1, 0.15) is 34.6 Å². The van der Waals surface area contributed by atoms with Gasteiger partial charge in [0.25, 0.3) is 0 Å². The second-order valence-corrected chi connectivity index (χ2v) is 12.7. The Hall–Kier alpha value is -3.57. The zero-order chi connectivity index (χ0) is 33.6. The molecule has 16 nitrogen and oxygen atoms in total. The number of hydrogen-bond acceptors (Lipinski definition) is 13. The van der Waals surface area contributed by atoms with Crippen LogP contribution in [0.4, 0.5) is 16.4 Å². The van der Waals surface area contributed by atoms with Crippen molar-refractivity contribution in [1.82, 2.24) is 60.6 Å². The van der Waals surface area contributed by atoms with Gasteiger partial charge in [0.05, 0.1) is 23.1 Å². The number of carbonyl (C=O) groups is 1. The Kier molecular flexibility index (Phi) is 14.6. The number of ether oxygens (including phenoxy) is 1. The SMILES string of the molecule is CCn1nnc(-c2cnc(N3CCN(C(=O)OC(C)(C)C)CC3)c(Cl)c2)n1.CCn1nnc(-c2cnc(N3CCNCC3)c(Cl)c2)n1.Cl.Cl. The number of halogens is 4. The molecule has 6 rings (SSSR count). The van der Waals surface area contributed by atoms with Crippen molar-refractivity contribution in [3.63, 3.8) is 0 Å². The van der Waals surface area contributed by atoms with Crippen LogP contribution in [0.15, 0.2) is 24.5 Å². The van der Waals surface area contributed by atoms with Crippen LogP contribution < -0.4 is 15.1 Å². The fourth-order valence-corrected chi connectivity index (χ4v) is 5.43. The molecule has 1 N–H and O–H groups in total. The number of tetrazole rings is 2. The van der Waals surface area contributed by atoms with E-state index in [9.17, 15) is 4.79 Å². The number of amides is 1. The summed E-state index contributed by atoms with van der Waals surface area (Å²) in [6.07, 6.45) is 3.15. The monoisotopic (exact) mass is 758 g/mol. The lowest BCUT2D eigenvalue weighted by atomic mass is 10.2. The van der Waals surface area contributed by atoms with Crippen LogP contribution in [-0.2, 0) is 17.8 Å². The van der Waals surface area contributed by atoms with E-state index in [-0.39, 0.29) is 30.9 Å². The van der Waals surface area contributed by atoms with Gasteiger partial charge in [-0.25, -0.2) is 14.8 Å². The highest BCUT2D eigenvalue weighted by atomic mass is 35.5. The maximum Gasteiger partial charge on any atom is 0.410 e. The topological polar surface area (TPSA) is 161 Å². The third-order valence-electron chi connectivity index (χ3n) is 7.28. The van der Waals surface area contributed by atoms with E-state index in [2.05, 4.69) is 55.9 Å². The number of rotatable bonds is 6. The molecular weight excluding hydrogens is 718 g/mol. The molecule has 4 aromatic heterocycles. The molecule has 0 aliphatic carbocycles. The Morgan fingerprint density at radius 2 is 1.22 bits per heavy atom. The van der Waals surface area contributed by atoms with Gasteiger partial charge in [-0.05, 0) is 57.2 Å². The highest BCUT2D eigenvalue weighted by molar-refractivity contribution is 6.33. The summed E-state index contributed by atoms with van der Waals surface area (Å²) in [5.41, 5.74) is 1.01. The fraction of sp³-hybridized carbons (Fsp3) is 0.552. The van der Waals surface area contributed by atoms with E-state index >= 15 is 0 Å². The summed E-state index contributed by atoms with van der Waals surface area (Å²) < 4.78 is 5.42. The molecule has 2 saturated heterocycles. The minimum atomic E-state index is -0.497. The fourth-order valence-electron chi connectivity index (χ4n) is 4.86. The van der Waals surface area contributed by atoms with Crippen molar-refractivity contribution in [3.05, 3.63) is 34.6 Å². The van der Waals surface area contributed by atoms with Crippen LogP contribution in [0, 0.1) is 0 Å². The molecule has 0 saturated carbocycles. The third kappa shape index (κ3) is 10.5. The zero-order valence-electron chi connectivity index (χ0n) is 28.1. The van der Waals surface area contributed by atoms with Crippen LogP contribution >= 0.6 is 48.0 Å². The van der Waals surface area contributed by atoms with Gasteiger partial charge >= 0.3 is 6.09 Å². The van der Waals surface area contributed by atoms with Crippen molar-refractivity contribution in [2.75, 3.05) is 62.2 Å². The van der Waals surface area contributed by atoms with Crippen molar-refractivity contribution in [2.24, 2.45) is 0 Å². The average Bonchev–Trinajstić information content (AvgIpc) is 3.75. The van der Waals surface area contributed by atoms with Gasteiger partial charge in [-0.2, -0.15) is 9.59 Å². The second kappa shape index (κ2) is 17.9. The maximum absolute atomic E-state index is 12.2. The van der Waals surface area contributed by atoms with Gasteiger partial charge < -0.3 is 24.8 Å². The molecule has 1 amide bonds. The molecule has 4 aromatic rings. The molecule has 20 heteroatoms. The molecule has 2 aliphatic rings. The molecule has 2 aliphatic heterocycles. The molecule has 6 heterocycles. The number of hydrogen-bond donors (Lipinski definition) is 1. The second-order valence-electron chi connectivity index (χ2n) is 11.9. The largest absolute Gasteiger partial charge is 0.444 e. The highest BCUT2D eigenvalue weighted by Gasteiger charge is 2.27. The third-order valence-corrected chi connectivity index (χ3v) is 7.83. The van der Waals surface area contributed by atoms with Crippen molar-refractivity contribution < 1.29 is 9.53 Å². The van der Waals surface area contributed by atoms with Crippen molar-refractivity contribution in [3.8, 4) is 22.8 Å². The highest BCUT2D eigenvalue weighted by Crippen LogP contribution is 2.29. The smallest absolute Gasteiger partial charge is 0.410 e. The molecule has 0 spiro atoms. The summed E-state index contributed by atoms with van der Waals surface area (Å²) in [5, 5.41) is 28.9. The van der Waals surface area contributed by atoms with E-state index < -0.39 is 5.60 Å². The van der Waals surface area contributed by atoms with Crippen LogP contribution in [0.2, 0.25) is 10.0 Å². The Morgan fingerprint density at radius 1 is 0.776 bits per heavy atom. The van der Waals surface area contributed by atoms with Gasteiger partial charge in [0, 0.05) is 75.9 Å². The Balaban J connectivity index is 0.000000265. The van der Waals surface area contributed by atoms with Gasteiger partial charge in [0.1, 0.15) is 17.2 Å². The summed E-state index contributed by atoms with van der Waals surface area (Å²) in [7, 11) is 0. The first kappa shape index (κ1) is 39.9. The molecular formula is C29H42Cl4N14O2.